The molecule has 1 rings (SSSR count). The summed E-state index contributed by atoms with van der Waals surface area (Å²) in [4.78, 5) is 4.18. The summed E-state index contributed by atoms with van der Waals surface area (Å²) in [6, 6.07) is 0. The van der Waals surface area contributed by atoms with Crippen molar-refractivity contribution in [3.05, 3.63) is 11.7 Å². The van der Waals surface area contributed by atoms with Crippen LogP contribution in [-0.4, -0.2) is 24.3 Å². The minimum absolute atomic E-state index is 0.500. The Labute approximate surface area is 77.5 Å². The molecule has 0 saturated carbocycles. The lowest BCUT2D eigenvalue weighted by atomic mass is 10.1. The Bertz CT molecular complexity index is 270. The van der Waals surface area contributed by atoms with Crippen molar-refractivity contribution in [1.82, 2.24) is 15.5 Å². The summed E-state index contributed by atoms with van der Waals surface area (Å²) in [6.07, 6.45) is 0. The second-order valence-electron chi connectivity index (χ2n) is 3.26. The Morgan fingerprint density at radius 2 is 2.23 bits per heavy atom. The van der Waals surface area contributed by atoms with Crippen LogP contribution >= 0.6 is 0 Å². The van der Waals surface area contributed by atoms with Crippen molar-refractivity contribution in [2.24, 2.45) is 0 Å². The van der Waals surface area contributed by atoms with Crippen molar-refractivity contribution in [3.8, 4) is 0 Å². The molecule has 1 N–H and O–H groups in total. The quantitative estimate of drug-likeness (QED) is 0.747. The van der Waals surface area contributed by atoms with Crippen molar-refractivity contribution in [3.63, 3.8) is 0 Å². The van der Waals surface area contributed by atoms with Gasteiger partial charge in [0.25, 0.3) is 5.89 Å². The molecular weight excluding hydrogens is 170 g/mol. The first-order valence-electron chi connectivity index (χ1n) is 4.13. The van der Waals surface area contributed by atoms with Gasteiger partial charge in [-0.2, -0.15) is 4.98 Å². The SMILES string of the molecule is CNCc1noc(C(C)(C)OC)n1. The minimum Gasteiger partial charge on any atom is -0.369 e. The Kier molecular flexibility index (Phi) is 3.00. The average molecular weight is 185 g/mol. The van der Waals surface area contributed by atoms with Gasteiger partial charge < -0.3 is 14.6 Å². The summed E-state index contributed by atoms with van der Waals surface area (Å²) in [5, 5.41) is 6.73. The highest BCUT2D eigenvalue weighted by Gasteiger charge is 2.26. The maximum Gasteiger partial charge on any atom is 0.258 e. The van der Waals surface area contributed by atoms with Crippen molar-refractivity contribution in [1.29, 1.82) is 0 Å². The molecule has 0 atom stereocenters. The van der Waals surface area contributed by atoms with Crippen LogP contribution in [0.4, 0.5) is 0 Å². The molecule has 1 aromatic rings. The monoisotopic (exact) mass is 185 g/mol. The highest BCUT2D eigenvalue weighted by molar-refractivity contribution is 4.95. The zero-order valence-electron chi connectivity index (χ0n) is 8.42. The summed E-state index contributed by atoms with van der Waals surface area (Å²) < 4.78 is 10.2. The minimum atomic E-state index is -0.515. The molecule has 1 aromatic heterocycles. The Balaban J connectivity index is 2.79. The molecule has 0 aromatic carbocycles. The van der Waals surface area contributed by atoms with Gasteiger partial charge in [-0.3, -0.25) is 0 Å². The molecule has 0 aliphatic rings. The summed E-state index contributed by atoms with van der Waals surface area (Å²) in [7, 11) is 3.44. The Morgan fingerprint density at radius 1 is 1.54 bits per heavy atom. The number of ether oxygens (including phenoxy) is 1. The normalized spacial score (nSPS) is 12.0. The van der Waals surface area contributed by atoms with E-state index in [9.17, 15) is 0 Å². The molecule has 0 saturated heterocycles. The lowest BCUT2D eigenvalue weighted by molar-refractivity contribution is -0.00786. The van der Waals surface area contributed by atoms with Gasteiger partial charge >= 0.3 is 0 Å². The van der Waals surface area contributed by atoms with E-state index in [1.54, 1.807) is 7.11 Å². The fourth-order valence-electron chi connectivity index (χ4n) is 0.816. The van der Waals surface area contributed by atoms with Gasteiger partial charge in [0.2, 0.25) is 0 Å². The second-order valence-corrected chi connectivity index (χ2v) is 3.26. The molecule has 0 aliphatic carbocycles. The predicted octanol–water partition coefficient (Wildman–Crippen LogP) is 0.670. The summed E-state index contributed by atoms with van der Waals surface area (Å²) >= 11 is 0. The van der Waals surface area contributed by atoms with Crippen molar-refractivity contribution < 1.29 is 9.26 Å². The number of nitrogens with one attached hydrogen (secondary N) is 1. The molecular formula is C8H15N3O2. The van der Waals surface area contributed by atoms with Crippen LogP contribution in [0.5, 0.6) is 0 Å². The molecule has 13 heavy (non-hydrogen) atoms. The van der Waals surface area contributed by atoms with Crippen molar-refractivity contribution in [2.45, 2.75) is 26.0 Å². The van der Waals surface area contributed by atoms with E-state index in [-0.39, 0.29) is 0 Å². The summed E-state index contributed by atoms with van der Waals surface area (Å²) in [5.41, 5.74) is -0.515. The number of nitrogens with zero attached hydrogens (tertiary/aromatic N) is 2. The van der Waals surface area contributed by atoms with Gasteiger partial charge in [0, 0.05) is 7.11 Å². The lowest BCUT2D eigenvalue weighted by Gasteiger charge is -2.16. The van der Waals surface area contributed by atoms with Crippen LogP contribution in [0.3, 0.4) is 0 Å². The molecule has 0 fully saturated rings. The van der Waals surface area contributed by atoms with E-state index in [1.807, 2.05) is 20.9 Å². The van der Waals surface area contributed by atoms with E-state index in [0.29, 0.717) is 18.3 Å². The number of methoxy groups -OCH3 is 1. The maximum atomic E-state index is 5.20. The highest BCUT2D eigenvalue weighted by atomic mass is 16.5. The van der Waals surface area contributed by atoms with Gasteiger partial charge in [0.05, 0.1) is 6.54 Å². The zero-order valence-corrected chi connectivity index (χ0v) is 8.42. The first kappa shape index (κ1) is 10.1. The highest BCUT2D eigenvalue weighted by Crippen LogP contribution is 2.21. The molecule has 74 valence electrons. The third kappa shape index (κ3) is 2.26. The first-order valence-corrected chi connectivity index (χ1v) is 4.13. The van der Waals surface area contributed by atoms with Crippen LogP contribution in [0.15, 0.2) is 4.52 Å². The lowest BCUT2D eigenvalue weighted by Crippen LogP contribution is -2.20. The van der Waals surface area contributed by atoms with E-state index >= 15 is 0 Å². The Morgan fingerprint density at radius 3 is 2.77 bits per heavy atom. The molecule has 5 heteroatoms. The molecule has 0 aliphatic heterocycles. The molecule has 1 heterocycles. The van der Waals surface area contributed by atoms with E-state index < -0.39 is 5.60 Å². The molecule has 0 unspecified atom stereocenters. The zero-order chi connectivity index (χ0) is 9.90. The van der Waals surface area contributed by atoms with Crippen molar-refractivity contribution >= 4 is 0 Å². The Hall–Kier alpha value is -0.940. The van der Waals surface area contributed by atoms with E-state index in [1.165, 1.54) is 0 Å². The van der Waals surface area contributed by atoms with Gasteiger partial charge in [-0.05, 0) is 20.9 Å². The molecule has 0 radical (unpaired) electrons. The van der Waals surface area contributed by atoms with E-state index in [2.05, 4.69) is 15.5 Å². The summed E-state index contributed by atoms with van der Waals surface area (Å²) in [6.45, 7) is 4.36. The first-order chi connectivity index (χ1) is 6.10. The molecule has 0 amide bonds. The molecule has 0 bridgehead atoms. The van der Waals surface area contributed by atoms with E-state index in [4.69, 9.17) is 9.26 Å². The third-order valence-electron chi connectivity index (χ3n) is 1.83. The van der Waals surface area contributed by atoms with Gasteiger partial charge in [-0.25, -0.2) is 0 Å². The predicted molar refractivity (Wildman–Crippen MR) is 47.1 cm³/mol. The fourth-order valence-corrected chi connectivity index (χ4v) is 0.816. The number of hydrogen-bond acceptors (Lipinski definition) is 5. The molecule has 0 spiro atoms. The van der Waals surface area contributed by atoms with Crippen LogP contribution in [-0.2, 0) is 16.9 Å². The van der Waals surface area contributed by atoms with Crippen LogP contribution in [0.25, 0.3) is 0 Å². The van der Waals surface area contributed by atoms with Gasteiger partial charge in [-0.15, -0.1) is 0 Å². The van der Waals surface area contributed by atoms with Crippen molar-refractivity contribution in [2.75, 3.05) is 14.2 Å². The molecule has 5 nitrogen and oxygen atoms in total. The fraction of sp³-hybridized carbons (Fsp3) is 0.750. The van der Waals surface area contributed by atoms with Gasteiger partial charge in [-0.1, -0.05) is 5.16 Å². The van der Waals surface area contributed by atoms with E-state index in [0.717, 1.165) is 0 Å². The van der Waals surface area contributed by atoms with Crippen LogP contribution < -0.4 is 5.32 Å². The largest absolute Gasteiger partial charge is 0.369 e. The second kappa shape index (κ2) is 3.85. The van der Waals surface area contributed by atoms with Crippen LogP contribution in [0, 0.1) is 0 Å². The maximum absolute atomic E-state index is 5.20. The number of rotatable bonds is 4. The topological polar surface area (TPSA) is 60.2 Å². The summed E-state index contributed by atoms with van der Waals surface area (Å²) in [5.74, 6) is 1.14. The standard InChI is InChI=1S/C8H15N3O2/c1-8(2,12-4)7-10-6(5-9-3)11-13-7/h9H,5H2,1-4H3. The van der Waals surface area contributed by atoms with Gasteiger partial charge in [0.1, 0.15) is 5.60 Å². The third-order valence-corrected chi connectivity index (χ3v) is 1.83. The van der Waals surface area contributed by atoms with Crippen LogP contribution in [0.2, 0.25) is 0 Å². The number of aromatic nitrogens is 2. The van der Waals surface area contributed by atoms with Crippen LogP contribution in [0.1, 0.15) is 25.6 Å². The average Bonchev–Trinajstić information content (AvgIpc) is 2.54. The number of hydrogen-bond donors (Lipinski definition) is 1. The smallest absolute Gasteiger partial charge is 0.258 e. The van der Waals surface area contributed by atoms with Gasteiger partial charge in [0.15, 0.2) is 5.82 Å².